The lowest BCUT2D eigenvalue weighted by molar-refractivity contribution is -0.148. The van der Waals surface area contributed by atoms with Gasteiger partial charge in [0.05, 0.1) is 12.5 Å². The predicted molar refractivity (Wildman–Crippen MR) is 126 cm³/mol. The molecule has 0 saturated carbocycles. The number of anilines is 1. The van der Waals surface area contributed by atoms with E-state index in [1.54, 1.807) is 46.1 Å². The molecule has 9 heteroatoms. The summed E-state index contributed by atoms with van der Waals surface area (Å²) in [5.74, 6) is -3.71. The second kappa shape index (κ2) is 9.13. The normalized spacial score (nSPS) is 22.9. The van der Waals surface area contributed by atoms with Gasteiger partial charge in [0.2, 0.25) is 5.91 Å². The summed E-state index contributed by atoms with van der Waals surface area (Å²) >= 11 is 0. The smallest absolute Gasteiger partial charge is 0.311 e. The van der Waals surface area contributed by atoms with E-state index in [0.717, 1.165) is 0 Å². The summed E-state index contributed by atoms with van der Waals surface area (Å²) in [5, 5.41) is 0. The van der Waals surface area contributed by atoms with Crippen molar-refractivity contribution in [1.29, 1.82) is 0 Å². The number of carbonyl (C=O) groups is 4. The molecule has 2 aliphatic heterocycles. The molecule has 2 aliphatic rings. The maximum Gasteiger partial charge on any atom is 0.311 e. The maximum absolute atomic E-state index is 14.1. The number of hydrogen-bond donors (Lipinski definition) is 0. The Balaban J connectivity index is 1.87. The molecule has 3 amide bonds. The molecule has 2 heterocycles. The lowest BCUT2D eigenvalue weighted by Gasteiger charge is -2.46. The van der Waals surface area contributed by atoms with Crippen molar-refractivity contribution in [2.45, 2.75) is 25.3 Å². The first-order valence-electron chi connectivity index (χ1n) is 11.5. The molecule has 0 aromatic heterocycles. The summed E-state index contributed by atoms with van der Waals surface area (Å²) in [4.78, 5) is 57.6. The van der Waals surface area contributed by atoms with Gasteiger partial charge in [-0.25, -0.2) is 4.39 Å². The molecular weight excluding hydrogens is 453 g/mol. The quantitative estimate of drug-likeness (QED) is 0.613. The van der Waals surface area contributed by atoms with Gasteiger partial charge in [0.25, 0.3) is 11.8 Å². The van der Waals surface area contributed by atoms with Gasteiger partial charge in [-0.15, -0.1) is 0 Å². The van der Waals surface area contributed by atoms with Gasteiger partial charge in [-0.1, -0.05) is 18.2 Å². The van der Waals surface area contributed by atoms with Gasteiger partial charge in [-0.05, 0) is 49.7 Å². The van der Waals surface area contributed by atoms with Crippen LogP contribution in [-0.2, 0) is 19.1 Å². The predicted octanol–water partition coefficient (Wildman–Crippen LogP) is 2.44. The molecule has 2 aromatic carbocycles. The van der Waals surface area contributed by atoms with Gasteiger partial charge in [0.1, 0.15) is 17.9 Å². The zero-order valence-corrected chi connectivity index (χ0v) is 20.2. The van der Waals surface area contributed by atoms with Gasteiger partial charge in [0.15, 0.2) is 0 Å². The Bertz CT molecular complexity index is 1180. The third kappa shape index (κ3) is 3.94. The van der Waals surface area contributed by atoms with Crippen molar-refractivity contribution in [2.24, 2.45) is 5.92 Å². The highest BCUT2D eigenvalue weighted by Gasteiger charge is 2.64. The van der Waals surface area contributed by atoms with Crippen LogP contribution in [0.3, 0.4) is 0 Å². The molecule has 4 rings (SSSR count). The van der Waals surface area contributed by atoms with Crippen LogP contribution in [0.2, 0.25) is 0 Å². The number of fused-ring (bicyclic) bond motifs is 3. The van der Waals surface area contributed by atoms with E-state index in [2.05, 4.69) is 0 Å². The third-order valence-corrected chi connectivity index (χ3v) is 6.91. The van der Waals surface area contributed by atoms with E-state index in [4.69, 9.17) is 4.74 Å². The van der Waals surface area contributed by atoms with Gasteiger partial charge >= 0.3 is 5.97 Å². The van der Waals surface area contributed by atoms with E-state index >= 15 is 0 Å². The molecule has 0 N–H and O–H groups in total. The standard InChI is InChI=1S/C26H28FN3O5/c1-5-35-24(33)19-14-30(23(32)16-10-12-17(27)13-11-16)26(2)22(19)18-8-6-7-9-20(18)29(25(26)34)15-21(31)28(3)4/h6-13,19,22H,5,14-15H2,1-4H3/t19-,22+,26-/m0/s1. The van der Waals surface area contributed by atoms with Crippen molar-refractivity contribution in [2.75, 3.05) is 38.7 Å². The van der Waals surface area contributed by atoms with Crippen LogP contribution in [0, 0.1) is 11.7 Å². The number of benzene rings is 2. The van der Waals surface area contributed by atoms with Crippen molar-refractivity contribution in [3.8, 4) is 0 Å². The van der Waals surface area contributed by atoms with Crippen molar-refractivity contribution in [3.05, 3.63) is 65.5 Å². The highest BCUT2D eigenvalue weighted by atomic mass is 19.1. The topological polar surface area (TPSA) is 87.2 Å². The number of likely N-dealkylation sites (N-methyl/N-ethyl adjacent to an activating group) is 1. The summed E-state index contributed by atoms with van der Waals surface area (Å²) in [7, 11) is 3.20. The zero-order chi connectivity index (χ0) is 25.5. The van der Waals surface area contributed by atoms with Crippen LogP contribution in [-0.4, -0.2) is 72.8 Å². The molecule has 1 saturated heterocycles. The maximum atomic E-state index is 14.1. The summed E-state index contributed by atoms with van der Waals surface area (Å²) in [6, 6.07) is 12.2. The first-order chi connectivity index (χ1) is 16.6. The number of carbonyl (C=O) groups excluding carboxylic acids is 4. The van der Waals surface area contributed by atoms with E-state index < -0.39 is 41.0 Å². The van der Waals surface area contributed by atoms with Crippen LogP contribution in [0.5, 0.6) is 0 Å². The molecule has 0 spiro atoms. The number of rotatable bonds is 5. The third-order valence-electron chi connectivity index (χ3n) is 6.91. The number of para-hydroxylation sites is 1. The van der Waals surface area contributed by atoms with Crippen molar-refractivity contribution < 1.29 is 28.3 Å². The number of hydrogen-bond acceptors (Lipinski definition) is 5. The monoisotopic (exact) mass is 481 g/mol. The molecular formula is C26H28FN3O5. The second-order valence-electron chi connectivity index (χ2n) is 9.14. The van der Waals surface area contributed by atoms with Crippen molar-refractivity contribution >= 4 is 29.4 Å². The number of halogens is 1. The number of nitrogens with zero attached hydrogens (tertiary/aromatic N) is 3. The molecule has 35 heavy (non-hydrogen) atoms. The van der Waals surface area contributed by atoms with Gasteiger partial charge in [-0.3, -0.25) is 19.2 Å². The first-order valence-corrected chi connectivity index (χ1v) is 11.5. The Morgan fingerprint density at radius 1 is 1.11 bits per heavy atom. The van der Waals surface area contributed by atoms with E-state index in [-0.39, 0.29) is 31.2 Å². The van der Waals surface area contributed by atoms with E-state index in [1.807, 2.05) is 6.07 Å². The minimum atomic E-state index is -1.47. The fraction of sp³-hybridized carbons (Fsp3) is 0.385. The molecule has 0 unspecified atom stereocenters. The van der Waals surface area contributed by atoms with Crippen LogP contribution in [0.4, 0.5) is 10.1 Å². The fourth-order valence-electron chi connectivity index (χ4n) is 5.13. The molecule has 0 radical (unpaired) electrons. The van der Waals surface area contributed by atoms with E-state index in [1.165, 1.54) is 39.0 Å². The Hall–Kier alpha value is -3.75. The van der Waals surface area contributed by atoms with Crippen molar-refractivity contribution in [3.63, 3.8) is 0 Å². The lowest BCUT2D eigenvalue weighted by atomic mass is 9.72. The average Bonchev–Trinajstić information content (AvgIpc) is 3.16. The largest absolute Gasteiger partial charge is 0.466 e. The Labute approximate surface area is 203 Å². The molecule has 2 aromatic rings. The van der Waals surface area contributed by atoms with Crippen LogP contribution >= 0.6 is 0 Å². The summed E-state index contributed by atoms with van der Waals surface area (Å²) in [5.41, 5.74) is -0.0586. The summed E-state index contributed by atoms with van der Waals surface area (Å²) < 4.78 is 18.8. The van der Waals surface area contributed by atoms with E-state index in [9.17, 15) is 23.6 Å². The molecule has 3 atom stereocenters. The molecule has 0 aliphatic carbocycles. The number of amides is 3. The summed E-state index contributed by atoms with van der Waals surface area (Å²) in [6.45, 7) is 3.22. The minimum Gasteiger partial charge on any atom is -0.466 e. The number of ether oxygens (including phenoxy) is 1. The van der Waals surface area contributed by atoms with Gasteiger partial charge < -0.3 is 19.4 Å². The minimum absolute atomic E-state index is 0.0499. The van der Waals surface area contributed by atoms with Crippen molar-refractivity contribution in [1.82, 2.24) is 9.80 Å². The average molecular weight is 482 g/mol. The Morgan fingerprint density at radius 3 is 2.40 bits per heavy atom. The molecule has 8 nitrogen and oxygen atoms in total. The zero-order valence-electron chi connectivity index (χ0n) is 20.2. The van der Waals surface area contributed by atoms with Gasteiger partial charge in [-0.2, -0.15) is 0 Å². The van der Waals surface area contributed by atoms with E-state index in [0.29, 0.717) is 11.3 Å². The van der Waals surface area contributed by atoms with Crippen LogP contribution in [0.25, 0.3) is 0 Å². The second-order valence-corrected chi connectivity index (χ2v) is 9.14. The Morgan fingerprint density at radius 2 is 1.77 bits per heavy atom. The number of likely N-dealkylation sites (tertiary alicyclic amines) is 1. The highest BCUT2D eigenvalue weighted by Crippen LogP contribution is 2.53. The fourth-order valence-corrected chi connectivity index (χ4v) is 5.13. The summed E-state index contributed by atoms with van der Waals surface area (Å²) in [6.07, 6.45) is 0. The highest BCUT2D eigenvalue weighted by molar-refractivity contribution is 6.11. The lowest BCUT2D eigenvalue weighted by Crippen LogP contribution is -2.62. The SMILES string of the molecule is CCOC(=O)[C@H]1CN(C(=O)c2ccc(F)cc2)[C@]2(C)C(=O)N(CC(=O)N(C)C)c3ccccc3[C@H]12. The van der Waals surface area contributed by atoms with Crippen LogP contribution in [0.15, 0.2) is 48.5 Å². The number of esters is 1. The Kier molecular flexibility index (Phi) is 6.36. The first kappa shape index (κ1) is 24.4. The van der Waals surface area contributed by atoms with Crippen LogP contribution in [0.1, 0.15) is 35.7 Å². The molecule has 0 bridgehead atoms. The van der Waals surface area contributed by atoms with Gasteiger partial charge in [0, 0.05) is 37.8 Å². The molecule has 1 fully saturated rings. The van der Waals surface area contributed by atoms with Crippen LogP contribution < -0.4 is 4.90 Å². The molecule has 184 valence electrons.